The maximum atomic E-state index is 11.6. The van der Waals surface area contributed by atoms with E-state index < -0.39 is 22.5 Å². The van der Waals surface area contributed by atoms with Crippen LogP contribution in [0.2, 0.25) is 0 Å². The number of ether oxygens (including phenoxy) is 3. The van der Waals surface area contributed by atoms with E-state index in [1.807, 2.05) is 19.0 Å². The lowest BCUT2D eigenvalue weighted by atomic mass is 9.51. The normalized spacial score (nSPS) is 50.6. The van der Waals surface area contributed by atoms with Gasteiger partial charge in [0.1, 0.15) is 18.3 Å². The number of epoxide rings is 1. The summed E-state index contributed by atoms with van der Waals surface area (Å²) in [6, 6.07) is -0.138. The minimum atomic E-state index is -0.609. The molecule has 0 radical (unpaired) electrons. The number of carbonyl (C=O) groups is 1. The van der Waals surface area contributed by atoms with Gasteiger partial charge in [-0.05, 0) is 33.9 Å². The van der Waals surface area contributed by atoms with Gasteiger partial charge in [-0.15, -0.1) is 0 Å². The molecule has 25 heavy (non-hydrogen) atoms. The molecule has 0 aromatic rings. The van der Waals surface area contributed by atoms with Gasteiger partial charge in [-0.2, -0.15) is 0 Å². The number of rotatable bonds is 3. The zero-order valence-electron chi connectivity index (χ0n) is 15.7. The summed E-state index contributed by atoms with van der Waals surface area (Å²) in [4.78, 5) is 13.6. The van der Waals surface area contributed by atoms with E-state index in [0.717, 1.165) is 12.8 Å². The number of nitrogens with zero attached hydrogens (tertiary/aromatic N) is 1. The van der Waals surface area contributed by atoms with E-state index in [-0.39, 0.29) is 30.8 Å². The average Bonchev–Trinajstić information content (AvgIpc) is 3.30. The van der Waals surface area contributed by atoms with Gasteiger partial charge in [0, 0.05) is 17.8 Å². The SMILES string of the molecule is CC(=O)OC[C@@]12CCC(C)=C[C@H]1O[C@H]1[C@@H](N(C)C)[C@@H](O)[C@]2(C)[C@]12CO2. The van der Waals surface area contributed by atoms with E-state index in [0.29, 0.717) is 6.61 Å². The number of likely N-dealkylation sites (N-methyl/N-ethyl adjacent to an activating group) is 1. The smallest absolute Gasteiger partial charge is 0.302 e. The standard InChI is InChI=1S/C19H29NO5/c1-11-6-7-18(9-23-12(2)21)13(8-11)25-16-14(20(4)5)15(22)17(18,3)19(16)10-24-19/h8,13-16,22H,6-7,9-10H2,1-5H3/t13-,14+,15-,16+,17+,18+,19+/m1/s1. The zero-order chi connectivity index (χ0) is 18.2. The number of hydrogen-bond acceptors (Lipinski definition) is 6. The molecule has 4 rings (SSSR count). The van der Waals surface area contributed by atoms with Crippen LogP contribution >= 0.6 is 0 Å². The van der Waals surface area contributed by atoms with E-state index >= 15 is 0 Å². The minimum absolute atomic E-state index is 0.138. The quantitative estimate of drug-likeness (QED) is 0.467. The van der Waals surface area contributed by atoms with Crippen LogP contribution in [-0.4, -0.2) is 73.2 Å². The van der Waals surface area contributed by atoms with Crippen molar-refractivity contribution in [3.63, 3.8) is 0 Å². The molecule has 4 aliphatic rings. The molecule has 1 N–H and O–H groups in total. The Morgan fingerprint density at radius 3 is 2.72 bits per heavy atom. The summed E-state index contributed by atoms with van der Waals surface area (Å²) in [5, 5.41) is 11.4. The predicted molar refractivity (Wildman–Crippen MR) is 91.0 cm³/mol. The lowest BCUT2D eigenvalue weighted by molar-refractivity contribution is -0.230. The Morgan fingerprint density at radius 1 is 1.48 bits per heavy atom. The maximum Gasteiger partial charge on any atom is 0.302 e. The summed E-state index contributed by atoms with van der Waals surface area (Å²) >= 11 is 0. The van der Waals surface area contributed by atoms with Crippen molar-refractivity contribution in [1.82, 2.24) is 4.90 Å². The number of carbonyl (C=O) groups excluding carboxylic acids is 1. The van der Waals surface area contributed by atoms with Crippen LogP contribution in [0.4, 0.5) is 0 Å². The highest BCUT2D eigenvalue weighted by Gasteiger charge is 2.84. The van der Waals surface area contributed by atoms with Gasteiger partial charge in [0.25, 0.3) is 0 Å². The summed E-state index contributed by atoms with van der Waals surface area (Å²) in [6.07, 6.45) is 2.93. The highest BCUT2D eigenvalue weighted by Crippen LogP contribution is 2.71. The Bertz CT molecular complexity index is 627. The molecule has 2 saturated heterocycles. The summed E-state index contributed by atoms with van der Waals surface area (Å²) in [5.41, 5.74) is -0.211. The van der Waals surface area contributed by atoms with Gasteiger partial charge in [0.2, 0.25) is 0 Å². The first kappa shape index (κ1) is 17.5. The largest absolute Gasteiger partial charge is 0.465 e. The Hall–Kier alpha value is -0.950. The third-order valence-corrected chi connectivity index (χ3v) is 7.42. The van der Waals surface area contributed by atoms with E-state index in [2.05, 4.69) is 19.9 Å². The topological polar surface area (TPSA) is 71.5 Å². The molecular formula is C19H29NO5. The fraction of sp³-hybridized carbons (Fsp3) is 0.842. The number of hydrogen-bond donors (Lipinski definition) is 1. The van der Waals surface area contributed by atoms with E-state index in [1.165, 1.54) is 12.5 Å². The highest BCUT2D eigenvalue weighted by molar-refractivity contribution is 5.66. The van der Waals surface area contributed by atoms with E-state index in [9.17, 15) is 9.90 Å². The van der Waals surface area contributed by atoms with Crippen LogP contribution in [0.15, 0.2) is 11.6 Å². The Balaban J connectivity index is 1.85. The lowest BCUT2D eigenvalue weighted by Crippen LogP contribution is -2.66. The molecule has 7 atom stereocenters. The molecule has 0 aromatic carbocycles. The van der Waals surface area contributed by atoms with Crippen LogP contribution in [-0.2, 0) is 19.0 Å². The summed E-state index contributed by atoms with van der Waals surface area (Å²) in [5.74, 6) is -0.299. The van der Waals surface area contributed by atoms with Crippen molar-refractivity contribution in [3.8, 4) is 0 Å². The van der Waals surface area contributed by atoms with Crippen LogP contribution in [0.5, 0.6) is 0 Å². The molecule has 2 heterocycles. The zero-order valence-corrected chi connectivity index (χ0v) is 15.7. The van der Waals surface area contributed by atoms with Gasteiger partial charge in [-0.1, -0.05) is 18.6 Å². The second-order valence-corrected chi connectivity index (χ2v) is 8.71. The van der Waals surface area contributed by atoms with Crippen LogP contribution in [0, 0.1) is 10.8 Å². The second-order valence-electron chi connectivity index (χ2n) is 8.71. The Kier molecular flexibility index (Phi) is 3.69. The van der Waals surface area contributed by atoms with Crippen LogP contribution in [0.25, 0.3) is 0 Å². The lowest BCUT2D eigenvalue weighted by Gasteiger charge is -2.58. The third-order valence-electron chi connectivity index (χ3n) is 7.42. The molecule has 1 spiro atoms. The first-order valence-electron chi connectivity index (χ1n) is 9.14. The van der Waals surface area contributed by atoms with Gasteiger partial charge in [-0.25, -0.2) is 0 Å². The molecule has 140 valence electrons. The van der Waals surface area contributed by atoms with Crippen LogP contribution in [0.3, 0.4) is 0 Å². The molecule has 2 bridgehead atoms. The molecule has 3 fully saturated rings. The minimum Gasteiger partial charge on any atom is -0.465 e. The monoisotopic (exact) mass is 351 g/mol. The Labute approximate surface area is 149 Å². The number of aliphatic hydroxyl groups excluding tert-OH is 1. The van der Waals surface area contributed by atoms with Crippen molar-refractivity contribution in [2.24, 2.45) is 10.8 Å². The van der Waals surface area contributed by atoms with Crippen molar-refractivity contribution in [2.75, 3.05) is 27.3 Å². The Morgan fingerprint density at radius 2 is 2.16 bits per heavy atom. The number of fused-ring (bicyclic) bond motifs is 2. The number of esters is 1. The predicted octanol–water partition coefficient (Wildman–Crippen LogP) is 1.12. The molecule has 6 nitrogen and oxygen atoms in total. The van der Waals surface area contributed by atoms with Gasteiger partial charge in [0.15, 0.2) is 0 Å². The summed E-state index contributed by atoms with van der Waals surface area (Å²) < 4.78 is 18.1. The van der Waals surface area contributed by atoms with Crippen molar-refractivity contribution < 1.29 is 24.1 Å². The van der Waals surface area contributed by atoms with Gasteiger partial charge >= 0.3 is 5.97 Å². The van der Waals surface area contributed by atoms with Crippen LogP contribution in [0.1, 0.15) is 33.6 Å². The van der Waals surface area contributed by atoms with Crippen molar-refractivity contribution >= 4 is 5.97 Å². The second kappa shape index (κ2) is 5.28. The molecule has 2 aliphatic heterocycles. The molecule has 6 heteroatoms. The maximum absolute atomic E-state index is 11.6. The molecular weight excluding hydrogens is 322 g/mol. The molecule has 0 aromatic heterocycles. The van der Waals surface area contributed by atoms with Crippen molar-refractivity contribution in [1.29, 1.82) is 0 Å². The van der Waals surface area contributed by atoms with Gasteiger partial charge in [0.05, 0.1) is 24.9 Å². The van der Waals surface area contributed by atoms with Crippen molar-refractivity contribution in [3.05, 3.63) is 11.6 Å². The third kappa shape index (κ3) is 1.97. The number of aliphatic hydroxyl groups is 1. The molecule has 1 saturated carbocycles. The molecule has 0 amide bonds. The molecule has 2 aliphatic carbocycles. The highest BCUT2D eigenvalue weighted by atomic mass is 16.6. The molecule has 0 unspecified atom stereocenters. The van der Waals surface area contributed by atoms with E-state index in [4.69, 9.17) is 14.2 Å². The van der Waals surface area contributed by atoms with Gasteiger partial charge in [-0.3, -0.25) is 4.79 Å². The summed E-state index contributed by atoms with van der Waals surface area (Å²) in [6.45, 7) is 6.51. The van der Waals surface area contributed by atoms with Gasteiger partial charge < -0.3 is 24.2 Å². The van der Waals surface area contributed by atoms with Crippen molar-refractivity contribution in [2.45, 2.75) is 63.6 Å². The first-order chi connectivity index (χ1) is 11.7. The fourth-order valence-electron chi connectivity index (χ4n) is 5.81. The van der Waals surface area contributed by atoms with Crippen LogP contribution < -0.4 is 0 Å². The average molecular weight is 351 g/mol. The van der Waals surface area contributed by atoms with E-state index in [1.54, 1.807) is 0 Å². The first-order valence-corrected chi connectivity index (χ1v) is 9.14. The summed E-state index contributed by atoms with van der Waals surface area (Å²) in [7, 11) is 3.95. The number of allylic oxidation sites excluding steroid dienone is 1. The fourth-order valence-corrected chi connectivity index (χ4v) is 5.81.